The van der Waals surface area contributed by atoms with Gasteiger partial charge in [0.1, 0.15) is 5.01 Å². The molecule has 2 nitrogen and oxygen atoms in total. The van der Waals surface area contributed by atoms with Crippen molar-refractivity contribution < 1.29 is 0 Å². The molecule has 2 heterocycles. The minimum absolute atomic E-state index is 0.583. The third-order valence-electron chi connectivity index (χ3n) is 3.65. The van der Waals surface area contributed by atoms with Gasteiger partial charge in [0.05, 0.1) is 10.6 Å². The average molecular weight is 292 g/mol. The molecule has 1 fully saturated rings. The molecule has 2 aromatic rings. The fraction of sp³-hybridized carbons (Fsp3) is 0.533. The zero-order chi connectivity index (χ0) is 13.2. The Morgan fingerprint density at radius 1 is 1.47 bits per heavy atom. The molecule has 2 aromatic heterocycles. The van der Waals surface area contributed by atoms with Crippen LogP contribution in [-0.4, -0.2) is 11.0 Å². The minimum atomic E-state index is 0.583. The van der Waals surface area contributed by atoms with Gasteiger partial charge in [-0.2, -0.15) is 0 Å². The molecule has 19 heavy (non-hydrogen) atoms. The maximum absolute atomic E-state index is 4.91. The molecule has 4 heteroatoms. The first kappa shape index (κ1) is 13.3. The van der Waals surface area contributed by atoms with Crippen LogP contribution in [0.2, 0.25) is 0 Å². The molecule has 1 saturated carbocycles. The largest absolute Gasteiger partial charge is 0.309 e. The molecule has 0 aliphatic heterocycles. The van der Waals surface area contributed by atoms with Crippen molar-refractivity contribution in [1.29, 1.82) is 0 Å². The second kappa shape index (κ2) is 5.73. The lowest BCUT2D eigenvalue weighted by Crippen LogP contribution is -2.24. The Hall–Kier alpha value is -0.710. The van der Waals surface area contributed by atoms with E-state index in [1.807, 2.05) is 11.3 Å². The molecule has 0 radical (unpaired) electrons. The van der Waals surface area contributed by atoms with Crippen molar-refractivity contribution in [1.82, 2.24) is 10.3 Å². The van der Waals surface area contributed by atoms with Crippen molar-refractivity contribution in [2.45, 2.75) is 51.6 Å². The van der Waals surface area contributed by atoms with Crippen molar-refractivity contribution >= 4 is 22.7 Å². The van der Waals surface area contributed by atoms with E-state index in [2.05, 4.69) is 36.7 Å². The molecule has 1 aliphatic rings. The third kappa shape index (κ3) is 3.07. The Morgan fingerprint density at radius 3 is 2.95 bits per heavy atom. The average Bonchev–Trinajstić information content (AvgIpc) is 2.96. The topological polar surface area (TPSA) is 24.9 Å². The Labute approximate surface area is 122 Å². The van der Waals surface area contributed by atoms with Crippen molar-refractivity contribution in [3.05, 3.63) is 28.1 Å². The van der Waals surface area contributed by atoms with E-state index in [1.165, 1.54) is 39.7 Å². The Morgan fingerprint density at radius 2 is 2.32 bits per heavy atom. The number of hydrogen-bond donors (Lipinski definition) is 1. The lowest BCUT2D eigenvalue weighted by atomic mass is 10.2. The fourth-order valence-corrected chi connectivity index (χ4v) is 3.98. The predicted octanol–water partition coefficient (Wildman–Crippen LogP) is 4.64. The molecule has 102 valence electrons. The van der Waals surface area contributed by atoms with E-state index in [4.69, 9.17) is 4.98 Å². The summed E-state index contributed by atoms with van der Waals surface area (Å²) in [7, 11) is 0. The molecule has 3 rings (SSSR count). The van der Waals surface area contributed by atoms with Crippen LogP contribution in [0.4, 0.5) is 0 Å². The van der Waals surface area contributed by atoms with Gasteiger partial charge in [0, 0.05) is 23.4 Å². The summed E-state index contributed by atoms with van der Waals surface area (Å²) in [5.41, 5.74) is 1.37. The highest BCUT2D eigenvalue weighted by atomic mass is 32.1. The monoisotopic (exact) mass is 292 g/mol. The van der Waals surface area contributed by atoms with Crippen molar-refractivity contribution in [3.63, 3.8) is 0 Å². The summed E-state index contributed by atoms with van der Waals surface area (Å²) in [6, 6.07) is 4.86. The van der Waals surface area contributed by atoms with Crippen molar-refractivity contribution in [2.24, 2.45) is 0 Å². The van der Waals surface area contributed by atoms with E-state index in [0.29, 0.717) is 6.04 Å². The second-order valence-corrected chi connectivity index (χ2v) is 7.30. The van der Waals surface area contributed by atoms with Gasteiger partial charge in [-0.15, -0.1) is 22.7 Å². The van der Waals surface area contributed by atoms with Crippen LogP contribution in [0.15, 0.2) is 17.5 Å². The summed E-state index contributed by atoms with van der Waals surface area (Å²) in [5, 5.41) is 6.94. The summed E-state index contributed by atoms with van der Waals surface area (Å²) in [6.07, 6.45) is 3.82. The summed E-state index contributed by atoms with van der Waals surface area (Å²) in [4.78, 5) is 7.66. The SMILES string of the molecule is CCC(C)NCc1sc(-c2cccs2)nc1C1CC1. The lowest BCUT2D eigenvalue weighted by molar-refractivity contribution is 0.535. The smallest absolute Gasteiger partial charge is 0.133 e. The molecular formula is C15H20N2S2. The van der Waals surface area contributed by atoms with Gasteiger partial charge in [0.2, 0.25) is 0 Å². The van der Waals surface area contributed by atoms with Gasteiger partial charge in [0.25, 0.3) is 0 Å². The molecular weight excluding hydrogens is 272 g/mol. The zero-order valence-corrected chi connectivity index (χ0v) is 13.1. The van der Waals surface area contributed by atoms with E-state index in [1.54, 1.807) is 11.3 Å². The molecule has 0 saturated heterocycles. The van der Waals surface area contributed by atoms with E-state index in [9.17, 15) is 0 Å². The van der Waals surface area contributed by atoms with E-state index in [-0.39, 0.29) is 0 Å². The zero-order valence-electron chi connectivity index (χ0n) is 11.5. The van der Waals surface area contributed by atoms with Gasteiger partial charge in [-0.3, -0.25) is 0 Å². The van der Waals surface area contributed by atoms with E-state index < -0.39 is 0 Å². The number of nitrogens with zero attached hydrogens (tertiary/aromatic N) is 1. The molecule has 1 aliphatic carbocycles. The Kier molecular flexibility index (Phi) is 4.01. The van der Waals surface area contributed by atoms with Crippen LogP contribution < -0.4 is 5.32 Å². The van der Waals surface area contributed by atoms with Crippen LogP contribution in [0.25, 0.3) is 9.88 Å². The van der Waals surface area contributed by atoms with Crippen molar-refractivity contribution in [2.75, 3.05) is 0 Å². The van der Waals surface area contributed by atoms with Gasteiger partial charge >= 0.3 is 0 Å². The summed E-state index contributed by atoms with van der Waals surface area (Å²) >= 11 is 3.66. The summed E-state index contributed by atoms with van der Waals surface area (Å²) in [6.45, 7) is 5.45. The lowest BCUT2D eigenvalue weighted by Gasteiger charge is -2.10. The highest BCUT2D eigenvalue weighted by Gasteiger charge is 2.29. The van der Waals surface area contributed by atoms with E-state index in [0.717, 1.165) is 12.5 Å². The highest BCUT2D eigenvalue weighted by Crippen LogP contribution is 2.44. The van der Waals surface area contributed by atoms with Crippen LogP contribution in [0.5, 0.6) is 0 Å². The van der Waals surface area contributed by atoms with Gasteiger partial charge in [0.15, 0.2) is 0 Å². The molecule has 0 bridgehead atoms. The maximum atomic E-state index is 4.91. The molecule has 1 atom stereocenters. The molecule has 0 spiro atoms. The standard InChI is InChI=1S/C15H20N2S2/c1-3-10(2)16-9-13-14(11-6-7-11)17-15(19-13)12-5-4-8-18-12/h4-5,8,10-11,16H,3,6-7,9H2,1-2H3. The van der Waals surface area contributed by atoms with E-state index >= 15 is 0 Å². The number of hydrogen-bond acceptors (Lipinski definition) is 4. The Balaban J connectivity index is 1.81. The van der Waals surface area contributed by atoms with Crippen LogP contribution in [0.3, 0.4) is 0 Å². The van der Waals surface area contributed by atoms with Crippen LogP contribution >= 0.6 is 22.7 Å². The predicted molar refractivity (Wildman–Crippen MR) is 84.0 cm³/mol. The maximum Gasteiger partial charge on any atom is 0.133 e. The summed E-state index contributed by atoms with van der Waals surface area (Å²) < 4.78 is 0. The Bertz CT molecular complexity index is 526. The third-order valence-corrected chi connectivity index (χ3v) is 5.76. The number of thiazole rings is 1. The molecule has 0 amide bonds. The van der Waals surface area contributed by atoms with Gasteiger partial charge in [-0.05, 0) is 37.6 Å². The number of aromatic nitrogens is 1. The van der Waals surface area contributed by atoms with Crippen molar-refractivity contribution in [3.8, 4) is 9.88 Å². The quantitative estimate of drug-likeness (QED) is 0.839. The summed E-state index contributed by atoms with van der Waals surface area (Å²) in [5.74, 6) is 0.735. The fourth-order valence-electron chi connectivity index (χ4n) is 2.08. The van der Waals surface area contributed by atoms with Crippen LogP contribution in [0, 0.1) is 0 Å². The molecule has 1 N–H and O–H groups in total. The van der Waals surface area contributed by atoms with Gasteiger partial charge in [-0.25, -0.2) is 4.98 Å². The van der Waals surface area contributed by atoms with Crippen LogP contribution in [-0.2, 0) is 6.54 Å². The highest BCUT2D eigenvalue weighted by molar-refractivity contribution is 7.21. The first-order valence-electron chi connectivity index (χ1n) is 7.04. The number of thiophene rings is 1. The minimum Gasteiger partial charge on any atom is -0.309 e. The first-order valence-corrected chi connectivity index (χ1v) is 8.74. The number of nitrogens with one attached hydrogen (secondary N) is 1. The number of rotatable bonds is 6. The second-order valence-electron chi connectivity index (χ2n) is 5.27. The normalized spacial score (nSPS) is 16.7. The first-order chi connectivity index (χ1) is 9.28. The molecule has 1 unspecified atom stereocenters. The van der Waals surface area contributed by atoms with Crippen LogP contribution in [0.1, 0.15) is 49.6 Å². The molecule has 0 aromatic carbocycles. The van der Waals surface area contributed by atoms with Gasteiger partial charge < -0.3 is 5.32 Å². The van der Waals surface area contributed by atoms with Gasteiger partial charge in [-0.1, -0.05) is 13.0 Å².